The number of thioether (sulfide) groups is 1. The predicted molar refractivity (Wildman–Crippen MR) is 157 cm³/mol. The van der Waals surface area contributed by atoms with Gasteiger partial charge in [0.15, 0.2) is 0 Å². The number of thiocarbonyl (C=S) groups is 1. The van der Waals surface area contributed by atoms with E-state index in [4.69, 9.17) is 17.2 Å². The first kappa shape index (κ1) is 26.6. The highest BCUT2D eigenvalue weighted by Crippen LogP contribution is 2.34. The van der Waals surface area contributed by atoms with Crippen molar-refractivity contribution < 1.29 is 9.90 Å². The molecule has 198 valence electrons. The molecule has 2 saturated heterocycles. The number of aliphatic hydroxyl groups excluding tert-OH is 1. The molecule has 0 spiro atoms. The maximum absolute atomic E-state index is 13.7. The number of amides is 1. The van der Waals surface area contributed by atoms with Crippen LogP contribution in [0.3, 0.4) is 0 Å². The lowest BCUT2D eigenvalue weighted by Crippen LogP contribution is -2.48. The Morgan fingerprint density at radius 3 is 2.55 bits per heavy atom. The molecule has 0 atom stereocenters. The highest BCUT2D eigenvalue weighted by molar-refractivity contribution is 8.26. The lowest BCUT2D eigenvalue weighted by Gasteiger charge is -2.35. The van der Waals surface area contributed by atoms with Gasteiger partial charge in [-0.25, -0.2) is 4.98 Å². The maximum atomic E-state index is 13.7. The number of anilines is 1. The van der Waals surface area contributed by atoms with Crippen molar-refractivity contribution in [1.29, 1.82) is 0 Å². The van der Waals surface area contributed by atoms with Gasteiger partial charge in [-0.2, -0.15) is 0 Å². The van der Waals surface area contributed by atoms with Gasteiger partial charge in [0, 0.05) is 45.5 Å². The molecule has 2 aromatic heterocycles. The van der Waals surface area contributed by atoms with Crippen LogP contribution in [0.25, 0.3) is 11.7 Å². The highest BCUT2D eigenvalue weighted by Gasteiger charge is 2.33. The van der Waals surface area contributed by atoms with Crippen LogP contribution in [0.4, 0.5) is 5.82 Å². The number of aliphatic hydroxyl groups is 1. The third-order valence-electron chi connectivity index (χ3n) is 6.91. The summed E-state index contributed by atoms with van der Waals surface area (Å²) in [6.45, 7) is 6.08. The van der Waals surface area contributed by atoms with Crippen molar-refractivity contribution in [2.45, 2.75) is 19.8 Å². The van der Waals surface area contributed by atoms with Crippen LogP contribution in [0.5, 0.6) is 0 Å². The number of carbonyl (C=O) groups excluding carboxylic acids is 1. The van der Waals surface area contributed by atoms with E-state index in [0.29, 0.717) is 52.4 Å². The number of hydrogen-bond donors (Lipinski definition) is 1. The van der Waals surface area contributed by atoms with Crippen LogP contribution in [0.2, 0.25) is 0 Å². The molecule has 2 aliphatic rings. The molecule has 1 amide bonds. The number of fused-ring (bicyclic) bond motifs is 1. The van der Waals surface area contributed by atoms with E-state index in [1.807, 2.05) is 37.3 Å². The third kappa shape index (κ3) is 5.68. The zero-order valence-electron chi connectivity index (χ0n) is 21.4. The second-order valence-electron chi connectivity index (χ2n) is 9.56. The van der Waals surface area contributed by atoms with Gasteiger partial charge in [0.25, 0.3) is 11.5 Å². The Labute approximate surface area is 231 Å². The van der Waals surface area contributed by atoms with E-state index in [1.165, 1.54) is 17.3 Å². The lowest BCUT2D eigenvalue weighted by molar-refractivity contribution is -0.122. The first-order chi connectivity index (χ1) is 18.4. The van der Waals surface area contributed by atoms with Crippen molar-refractivity contribution in [3.8, 4) is 0 Å². The van der Waals surface area contributed by atoms with Crippen molar-refractivity contribution in [3.63, 3.8) is 0 Å². The summed E-state index contributed by atoms with van der Waals surface area (Å²) in [5.74, 6) is 0.414. The molecule has 0 bridgehead atoms. The molecule has 0 aliphatic carbocycles. The van der Waals surface area contributed by atoms with E-state index in [1.54, 1.807) is 21.6 Å². The topological polar surface area (TPSA) is 81.4 Å². The fraction of sp³-hybridized carbons (Fsp3) is 0.357. The van der Waals surface area contributed by atoms with Gasteiger partial charge in [-0.3, -0.25) is 23.8 Å². The Balaban J connectivity index is 1.44. The normalized spacial score (nSPS) is 17.8. The lowest BCUT2D eigenvalue weighted by atomic mass is 10.1. The van der Waals surface area contributed by atoms with Gasteiger partial charge in [-0.1, -0.05) is 60.4 Å². The van der Waals surface area contributed by atoms with Gasteiger partial charge in [0.05, 0.1) is 17.1 Å². The summed E-state index contributed by atoms with van der Waals surface area (Å²) in [6.07, 6.45) is 5.11. The average Bonchev–Trinajstić information content (AvgIpc) is 3.19. The molecule has 2 aliphatic heterocycles. The van der Waals surface area contributed by atoms with E-state index in [-0.39, 0.29) is 18.1 Å². The number of aromatic nitrogens is 2. The zero-order valence-corrected chi connectivity index (χ0v) is 23.0. The Morgan fingerprint density at radius 2 is 1.82 bits per heavy atom. The molecule has 10 heteroatoms. The van der Waals surface area contributed by atoms with E-state index in [9.17, 15) is 14.7 Å². The number of aryl methyl sites for hydroxylation is 2. The molecule has 3 aromatic rings. The number of pyridine rings is 1. The number of carbonyl (C=O) groups is 1. The molecule has 4 heterocycles. The molecule has 0 saturated carbocycles. The van der Waals surface area contributed by atoms with Gasteiger partial charge in [0.2, 0.25) is 0 Å². The second kappa shape index (κ2) is 11.8. The first-order valence-corrected chi connectivity index (χ1v) is 14.1. The monoisotopic (exact) mass is 549 g/mol. The van der Waals surface area contributed by atoms with Crippen molar-refractivity contribution in [1.82, 2.24) is 19.2 Å². The molecule has 5 rings (SSSR count). The van der Waals surface area contributed by atoms with Gasteiger partial charge >= 0.3 is 0 Å². The van der Waals surface area contributed by atoms with E-state index >= 15 is 0 Å². The fourth-order valence-corrected chi connectivity index (χ4v) is 6.14. The van der Waals surface area contributed by atoms with Crippen LogP contribution in [-0.2, 0) is 11.2 Å². The first-order valence-electron chi connectivity index (χ1n) is 12.8. The molecule has 2 fully saturated rings. The Hall–Kier alpha value is -3.05. The quantitative estimate of drug-likeness (QED) is 0.339. The van der Waals surface area contributed by atoms with Crippen LogP contribution >= 0.6 is 24.0 Å². The molecular weight excluding hydrogens is 518 g/mol. The summed E-state index contributed by atoms with van der Waals surface area (Å²) in [4.78, 5) is 38.3. The van der Waals surface area contributed by atoms with Crippen molar-refractivity contribution in [2.75, 3.05) is 50.8 Å². The van der Waals surface area contributed by atoms with E-state index in [2.05, 4.69) is 21.9 Å². The summed E-state index contributed by atoms with van der Waals surface area (Å²) >= 11 is 6.80. The fourth-order valence-electron chi connectivity index (χ4n) is 4.85. The van der Waals surface area contributed by atoms with Crippen molar-refractivity contribution in [3.05, 3.63) is 80.6 Å². The molecule has 0 unspecified atom stereocenters. The van der Waals surface area contributed by atoms with Gasteiger partial charge in [-0.15, -0.1) is 0 Å². The smallest absolute Gasteiger partial charge is 0.267 e. The Kier molecular flexibility index (Phi) is 8.23. The van der Waals surface area contributed by atoms with Gasteiger partial charge in [-0.05, 0) is 43.0 Å². The standard InChI is InChI=1S/C28H31N5O3S2/c1-20-9-10-24-29-25(31-14-12-30(13-15-31)16-17-34)22(26(35)33(24)19-20)18-23-27(36)32(28(37)38-23)11-5-8-21-6-3-2-4-7-21/h2-4,6-7,9-10,18-19,34H,5,8,11-17H2,1H3. The minimum absolute atomic E-state index is 0.118. The van der Waals surface area contributed by atoms with E-state index in [0.717, 1.165) is 31.5 Å². The molecule has 1 N–H and O–H groups in total. The number of β-amino-alcohol motifs (C(OH)–C–C–N with tert-alkyl or cyclic N) is 1. The SMILES string of the molecule is Cc1ccc2nc(N3CCN(CCO)CC3)c(C=C3SC(=S)N(CCCc4ccccc4)C3=O)c(=O)n2c1. The number of benzene rings is 1. The number of piperazine rings is 1. The third-order valence-corrected chi connectivity index (χ3v) is 8.29. The molecular formula is C28H31N5O3S2. The van der Waals surface area contributed by atoms with Gasteiger partial charge < -0.3 is 10.0 Å². The zero-order chi connectivity index (χ0) is 26.6. The predicted octanol–water partition coefficient (Wildman–Crippen LogP) is 2.95. The summed E-state index contributed by atoms with van der Waals surface area (Å²) in [5.41, 5.74) is 2.93. The van der Waals surface area contributed by atoms with Crippen LogP contribution in [0.15, 0.2) is 58.4 Å². The van der Waals surface area contributed by atoms with Crippen LogP contribution in [0.1, 0.15) is 23.1 Å². The molecule has 8 nitrogen and oxygen atoms in total. The summed E-state index contributed by atoms with van der Waals surface area (Å²) < 4.78 is 2.06. The summed E-state index contributed by atoms with van der Waals surface area (Å²) in [6, 6.07) is 14.0. The largest absolute Gasteiger partial charge is 0.395 e. The average molecular weight is 550 g/mol. The van der Waals surface area contributed by atoms with E-state index < -0.39 is 0 Å². The van der Waals surface area contributed by atoms with Crippen LogP contribution in [-0.4, -0.2) is 80.4 Å². The summed E-state index contributed by atoms with van der Waals surface area (Å²) in [7, 11) is 0. The number of rotatable bonds is 8. The minimum Gasteiger partial charge on any atom is -0.395 e. The van der Waals surface area contributed by atoms with Crippen molar-refractivity contribution >= 4 is 51.7 Å². The van der Waals surface area contributed by atoms with Crippen molar-refractivity contribution in [2.24, 2.45) is 0 Å². The number of nitrogens with zero attached hydrogens (tertiary/aromatic N) is 5. The second-order valence-corrected chi connectivity index (χ2v) is 11.2. The number of hydrogen-bond acceptors (Lipinski definition) is 8. The van der Waals surface area contributed by atoms with Crippen LogP contribution < -0.4 is 10.5 Å². The molecule has 38 heavy (non-hydrogen) atoms. The molecule has 1 aromatic carbocycles. The van der Waals surface area contributed by atoms with Crippen LogP contribution in [0, 0.1) is 6.92 Å². The Morgan fingerprint density at radius 1 is 1.05 bits per heavy atom. The summed E-state index contributed by atoms with van der Waals surface area (Å²) in [5, 5.41) is 9.29. The maximum Gasteiger partial charge on any atom is 0.267 e. The highest BCUT2D eigenvalue weighted by atomic mass is 32.2. The minimum atomic E-state index is -0.208. The molecule has 0 radical (unpaired) electrons. The Bertz CT molecular complexity index is 1430. The van der Waals surface area contributed by atoms with Gasteiger partial charge in [0.1, 0.15) is 15.8 Å².